The number of thioether (sulfide) groups is 1. The van der Waals surface area contributed by atoms with Crippen LogP contribution >= 0.6 is 11.8 Å². The molecule has 0 bridgehead atoms. The smallest absolute Gasteiger partial charge is 0.307 e. The van der Waals surface area contributed by atoms with Crippen LogP contribution in [0.5, 0.6) is 0 Å². The number of aliphatic carboxylic acids is 1. The van der Waals surface area contributed by atoms with Crippen LogP contribution in [0.1, 0.15) is 18.0 Å². The van der Waals surface area contributed by atoms with E-state index in [2.05, 4.69) is 5.32 Å². The molecule has 1 heterocycles. The third-order valence-electron chi connectivity index (χ3n) is 3.47. The van der Waals surface area contributed by atoms with Gasteiger partial charge in [-0.25, -0.2) is 8.42 Å². The first-order chi connectivity index (χ1) is 9.32. The number of carboxylic acid groups (broad SMARTS) is 1. The maximum absolute atomic E-state index is 11.7. The molecule has 1 aliphatic rings. The summed E-state index contributed by atoms with van der Waals surface area (Å²) in [6.45, 7) is 0.447. The number of hydrogen-bond acceptors (Lipinski definition) is 5. The van der Waals surface area contributed by atoms with Gasteiger partial charge in [0.25, 0.3) is 0 Å². The molecule has 0 radical (unpaired) electrons. The van der Waals surface area contributed by atoms with E-state index in [-0.39, 0.29) is 12.0 Å². The average molecular weight is 315 g/mol. The Morgan fingerprint density at radius 3 is 2.65 bits per heavy atom. The van der Waals surface area contributed by atoms with Gasteiger partial charge in [-0.15, -0.1) is 11.8 Å². The summed E-state index contributed by atoms with van der Waals surface area (Å²) in [6, 6.07) is 5.17. The van der Waals surface area contributed by atoms with Gasteiger partial charge in [-0.3, -0.25) is 4.79 Å². The van der Waals surface area contributed by atoms with Crippen LogP contribution in [0.2, 0.25) is 0 Å². The van der Waals surface area contributed by atoms with Crippen molar-refractivity contribution in [3.8, 4) is 0 Å². The molecular formula is C13H17NO4S2. The first-order valence-corrected chi connectivity index (χ1v) is 9.28. The van der Waals surface area contributed by atoms with Crippen LogP contribution in [-0.2, 0) is 14.6 Å². The largest absolute Gasteiger partial charge is 0.481 e. The van der Waals surface area contributed by atoms with Crippen molar-refractivity contribution in [2.24, 2.45) is 5.92 Å². The molecule has 2 N–H and O–H groups in total. The molecule has 2 rings (SSSR count). The normalized spacial score (nSPS) is 22.9. The van der Waals surface area contributed by atoms with Gasteiger partial charge in [0.1, 0.15) is 0 Å². The second-order valence-corrected chi connectivity index (χ2v) is 7.75. The molecule has 0 spiro atoms. The van der Waals surface area contributed by atoms with E-state index >= 15 is 0 Å². The number of nitrogens with one attached hydrogen (secondary N) is 1. The predicted molar refractivity (Wildman–Crippen MR) is 77.8 cm³/mol. The zero-order valence-corrected chi connectivity index (χ0v) is 12.9. The SMILES string of the molecule is CSc1cc(C2CC(C(=O)O)CN2)ccc1S(C)(=O)=O. The molecule has 2 unspecified atom stereocenters. The minimum absolute atomic E-state index is 0.0318. The van der Waals surface area contributed by atoms with Crippen molar-refractivity contribution >= 4 is 27.6 Å². The van der Waals surface area contributed by atoms with Crippen LogP contribution in [0.25, 0.3) is 0 Å². The highest BCUT2D eigenvalue weighted by Crippen LogP contribution is 2.32. The van der Waals surface area contributed by atoms with Crippen molar-refractivity contribution in [3.05, 3.63) is 23.8 Å². The topological polar surface area (TPSA) is 83.5 Å². The summed E-state index contributed by atoms with van der Waals surface area (Å²) in [5, 5.41) is 12.2. The molecule has 1 aromatic carbocycles. The molecular weight excluding hydrogens is 298 g/mol. The third-order valence-corrected chi connectivity index (χ3v) is 5.53. The quantitative estimate of drug-likeness (QED) is 0.820. The highest BCUT2D eigenvalue weighted by atomic mass is 32.2. The minimum Gasteiger partial charge on any atom is -0.481 e. The van der Waals surface area contributed by atoms with Gasteiger partial charge in [0, 0.05) is 23.7 Å². The van der Waals surface area contributed by atoms with E-state index in [1.807, 2.05) is 12.3 Å². The molecule has 1 aliphatic heterocycles. The number of rotatable bonds is 4. The highest BCUT2D eigenvalue weighted by molar-refractivity contribution is 7.99. The summed E-state index contributed by atoms with van der Waals surface area (Å²) in [4.78, 5) is 12.0. The van der Waals surface area contributed by atoms with Crippen molar-refractivity contribution in [3.63, 3.8) is 0 Å². The molecule has 0 aliphatic carbocycles. The van der Waals surface area contributed by atoms with E-state index in [1.54, 1.807) is 12.1 Å². The molecule has 0 saturated carbocycles. The lowest BCUT2D eigenvalue weighted by Gasteiger charge is -2.14. The molecule has 5 nitrogen and oxygen atoms in total. The Hall–Kier alpha value is -1.05. The van der Waals surface area contributed by atoms with Crippen LogP contribution < -0.4 is 5.32 Å². The fraction of sp³-hybridized carbons (Fsp3) is 0.462. The van der Waals surface area contributed by atoms with E-state index < -0.39 is 15.8 Å². The maximum atomic E-state index is 11.7. The van der Waals surface area contributed by atoms with Gasteiger partial charge in [0.15, 0.2) is 9.84 Å². The molecule has 1 saturated heterocycles. The zero-order valence-electron chi connectivity index (χ0n) is 11.3. The number of carbonyl (C=O) groups is 1. The third kappa shape index (κ3) is 3.16. The molecule has 1 aromatic rings. The Kier molecular flexibility index (Phi) is 4.41. The van der Waals surface area contributed by atoms with E-state index in [0.717, 1.165) is 5.56 Å². The van der Waals surface area contributed by atoms with Gasteiger partial charge in [-0.05, 0) is 30.4 Å². The standard InChI is InChI=1S/C13H17NO4S2/c1-19-11-6-8(3-4-12(11)20(2,17)18)10-5-9(7-14-10)13(15)16/h3-4,6,9-10,14H,5,7H2,1-2H3,(H,15,16). The van der Waals surface area contributed by atoms with E-state index in [1.165, 1.54) is 18.0 Å². The molecule has 7 heteroatoms. The second-order valence-electron chi connectivity index (χ2n) is 4.91. The highest BCUT2D eigenvalue weighted by Gasteiger charge is 2.30. The van der Waals surface area contributed by atoms with Crippen molar-refractivity contribution in [1.29, 1.82) is 0 Å². The first kappa shape index (κ1) is 15.3. The van der Waals surface area contributed by atoms with Crippen LogP contribution in [0.4, 0.5) is 0 Å². The van der Waals surface area contributed by atoms with E-state index in [4.69, 9.17) is 5.11 Å². The van der Waals surface area contributed by atoms with Crippen molar-refractivity contribution in [2.75, 3.05) is 19.1 Å². The molecule has 1 fully saturated rings. The fourth-order valence-corrected chi connectivity index (χ4v) is 4.35. The van der Waals surface area contributed by atoms with Crippen molar-refractivity contribution < 1.29 is 18.3 Å². The average Bonchev–Trinajstić information content (AvgIpc) is 2.86. The summed E-state index contributed by atoms with van der Waals surface area (Å²) in [6.07, 6.45) is 3.55. The number of hydrogen-bond donors (Lipinski definition) is 2. The van der Waals surface area contributed by atoms with Crippen molar-refractivity contribution in [1.82, 2.24) is 5.32 Å². The molecule has 20 heavy (non-hydrogen) atoms. The molecule has 0 aromatic heterocycles. The zero-order chi connectivity index (χ0) is 14.9. The fourth-order valence-electron chi connectivity index (χ4n) is 2.39. The van der Waals surface area contributed by atoms with Gasteiger partial charge >= 0.3 is 5.97 Å². The summed E-state index contributed by atoms with van der Waals surface area (Å²) in [7, 11) is -3.25. The Balaban J connectivity index is 2.30. The number of sulfone groups is 1. The summed E-state index contributed by atoms with van der Waals surface area (Å²) >= 11 is 1.38. The number of carboxylic acids is 1. The maximum Gasteiger partial charge on any atom is 0.307 e. The summed E-state index contributed by atoms with van der Waals surface area (Å²) < 4.78 is 23.4. The van der Waals surface area contributed by atoms with Crippen LogP contribution in [0.3, 0.4) is 0 Å². The second kappa shape index (κ2) is 5.75. The Bertz CT molecular complexity index is 627. The Morgan fingerprint density at radius 1 is 1.45 bits per heavy atom. The minimum atomic E-state index is -3.25. The monoisotopic (exact) mass is 315 g/mol. The van der Waals surface area contributed by atoms with Gasteiger partial charge < -0.3 is 10.4 Å². The first-order valence-electron chi connectivity index (χ1n) is 6.17. The lowest BCUT2D eigenvalue weighted by atomic mass is 10.0. The predicted octanol–water partition coefficient (Wildman–Crippen LogP) is 1.55. The van der Waals surface area contributed by atoms with E-state index in [9.17, 15) is 13.2 Å². The Morgan fingerprint density at radius 2 is 2.15 bits per heavy atom. The Labute approximate surface area is 122 Å². The van der Waals surface area contributed by atoms with Crippen LogP contribution in [0, 0.1) is 5.92 Å². The van der Waals surface area contributed by atoms with Crippen molar-refractivity contribution in [2.45, 2.75) is 22.3 Å². The molecule has 0 amide bonds. The summed E-state index contributed by atoms with van der Waals surface area (Å²) in [5.41, 5.74) is 0.936. The molecule has 2 atom stereocenters. The van der Waals surface area contributed by atoms with Crippen LogP contribution in [-0.4, -0.2) is 38.5 Å². The van der Waals surface area contributed by atoms with Crippen LogP contribution in [0.15, 0.2) is 28.0 Å². The van der Waals surface area contributed by atoms with Gasteiger partial charge in [0.2, 0.25) is 0 Å². The van der Waals surface area contributed by atoms with E-state index in [0.29, 0.717) is 22.8 Å². The summed E-state index contributed by atoms with van der Waals surface area (Å²) in [5.74, 6) is -1.18. The van der Waals surface area contributed by atoms with Gasteiger partial charge in [-0.1, -0.05) is 6.07 Å². The van der Waals surface area contributed by atoms with Gasteiger partial charge in [0.05, 0.1) is 10.8 Å². The lowest BCUT2D eigenvalue weighted by Crippen LogP contribution is -2.17. The number of benzene rings is 1. The molecule has 110 valence electrons. The lowest BCUT2D eigenvalue weighted by molar-refractivity contribution is -0.141. The van der Waals surface area contributed by atoms with Gasteiger partial charge in [-0.2, -0.15) is 0 Å².